The predicted molar refractivity (Wildman–Crippen MR) is 81.8 cm³/mol. The Kier molecular flexibility index (Phi) is 4.22. The van der Waals surface area contributed by atoms with E-state index in [2.05, 4.69) is 5.10 Å². The number of benzene rings is 1. The number of amides is 1. The Labute approximate surface area is 129 Å². The highest BCUT2D eigenvalue weighted by Crippen LogP contribution is 2.22. The van der Waals surface area contributed by atoms with E-state index in [4.69, 9.17) is 0 Å². The predicted octanol–water partition coefficient (Wildman–Crippen LogP) is 2.42. The Morgan fingerprint density at radius 3 is 3.05 bits per heavy atom. The van der Waals surface area contributed by atoms with Gasteiger partial charge in [0.05, 0.1) is 0 Å². The van der Waals surface area contributed by atoms with Crippen molar-refractivity contribution in [3.63, 3.8) is 0 Å². The van der Waals surface area contributed by atoms with Crippen molar-refractivity contribution in [2.24, 2.45) is 5.92 Å². The molecule has 0 N–H and O–H groups in total. The van der Waals surface area contributed by atoms with Gasteiger partial charge in [0.2, 0.25) is 5.91 Å². The average molecular weight is 301 g/mol. The highest BCUT2D eigenvalue weighted by atomic mass is 19.1. The zero-order valence-corrected chi connectivity index (χ0v) is 12.7. The first-order chi connectivity index (χ1) is 10.6. The van der Waals surface area contributed by atoms with Gasteiger partial charge < -0.3 is 4.90 Å². The lowest BCUT2D eigenvalue weighted by Crippen LogP contribution is -2.32. The molecule has 2 aromatic rings. The summed E-state index contributed by atoms with van der Waals surface area (Å²) in [7, 11) is 0. The summed E-state index contributed by atoms with van der Waals surface area (Å²) in [5, 5.41) is 4.06. The van der Waals surface area contributed by atoms with Crippen LogP contribution in [0.25, 0.3) is 0 Å². The molecule has 1 amide bonds. The van der Waals surface area contributed by atoms with Crippen LogP contribution in [0, 0.1) is 18.7 Å². The van der Waals surface area contributed by atoms with Crippen LogP contribution in [-0.4, -0.2) is 33.7 Å². The molecule has 0 spiro atoms. The smallest absolute Gasteiger partial charge is 0.244 e. The van der Waals surface area contributed by atoms with Crippen molar-refractivity contribution < 1.29 is 9.18 Å². The second-order valence-electron chi connectivity index (χ2n) is 5.99. The maximum absolute atomic E-state index is 13.6. The highest BCUT2D eigenvalue weighted by Gasteiger charge is 2.26. The van der Waals surface area contributed by atoms with Gasteiger partial charge in [-0.1, -0.05) is 12.1 Å². The van der Waals surface area contributed by atoms with E-state index in [0.717, 1.165) is 31.5 Å². The summed E-state index contributed by atoms with van der Waals surface area (Å²) in [5.41, 5.74) is 1.68. The number of aryl methyl sites for hydroxylation is 1. The number of hydrogen-bond donors (Lipinski definition) is 0. The summed E-state index contributed by atoms with van der Waals surface area (Å²) in [6.07, 6.45) is 5.26. The SMILES string of the molecule is Cc1ccc(CC2CCN(C(=O)Cn3cccn3)C2)cc1F. The van der Waals surface area contributed by atoms with E-state index >= 15 is 0 Å². The average Bonchev–Trinajstić information content (AvgIpc) is 3.14. The molecular weight excluding hydrogens is 281 g/mol. The van der Waals surface area contributed by atoms with Gasteiger partial charge in [-0.25, -0.2) is 4.39 Å². The van der Waals surface area contributed by atoms with Crippen LogP contribution in [0.4, 0.5) is 4.39 Å². The fraction of sp³-hybridized carbons (Fsp3) is 0.412. The monoisotopic (exact) mass is 301 g/mol. The molecule has 2 heterocycles. The van der Waals surface area contributed by atoms with Crippen molar-refractivity contribution in [2.45, 2.75) is 26.3 Å². The number of carbonyl (C=O) groups is 1. The van der Waals surface area contributed by atoms with E-state index in [1.54, 1.807) is 30.1 Å². The largest absolute Gasteiger partial charge is 0.341 e. The maximum atomic E-state index is 13.6. The van der Waals surface area contributed by atoms with Crippen molar-refractivity contribution in [3.8, 4) is 0 Å². The van der Waals surface area contributed by atoms with Crippen molar-refractivity contribution in [3.05, 3.63) is 53.6 Å². The van der Waals surface area contributed by atoms with Gasteiger partial charge in [-0.15, -0.1) is 0 Å². The van der Waals surface area contributed by atoms with Crippen LogP contribution >= 0.6 is 0 Å². The highest BCUT2D eigenvalue weighted by molar-refractivity contribution is 5.76. The van der Waals surface area contributed by atoms with Crippen LogP contribution in [0.2, 0.25) is 0 Å². The normalized spacial score (nSPS) is 17.9. The van der Waals surface area contributed by atoms with Crippen molar-refractivity contribution >= 4 is 5.91 Å². The first-order valence-corrected chi connectivity index (χ1v) is 7.62. The second kappa shape index (κ2) is 6.30. The summed E-state index contributed by atoms with van der Waals surface area (Å²) in [5.74, 6) is 0.354. The van der Waals surface area contributed by atoms with Gasteiger partial charge >= 0.3 is 0 Å². The summed E-state index contributed by atoms with van der Waals surface area (Å²) in [6.45, 7) is 3.58. The summed E-state index contributed by atoms with van der Waals surface area (Å²) < 4.78 is 15.2. The van der Waals surface area contributed by atoms with Gasteiger partial charge in [0.1, 0.15) is 12.4 Å². The first-order valence-electron chi connectivity index (χ1n) is 7.62. The Morgan fingerprint density at radius 2 is 2.32 bits per heavy atom. The Balaban J connectivity index is 1.55. The molecule has 1 saturated heterocycles. The third-order valence-electron chi connectivity index (χ3n) is 4.26. The molecule has 0 radical (unpaired) electrons. The number of aromatic nitrogens is 2. The quantitative estimate of drug-likeness (QED) is 0.870. The number of likely N-dealkylation sites (tertiary alicyclic amines) is 1. The molecule has 5 heteroatoms. The molecule has 0 bridgehead atoms. The molecule has 1 aromatic carbocycles. The lowest BCUT2D eigenvalue weighted by molar-refractivity contribution is -0.131. The second-order valence-corrected chi connectivity index (χ2v) is 5.99. The molecule has 1 atom stereocenters. The van der Waals surface area contributed by atoms with Crippen molar-refractivity contribution in [1.82, 2.24) is 14.7 Å². The summed E-state index contributed by atoms with van der Waals surface area (Å²) >= 11 is 0. The first kappa shape index (κ1) is 14.8. The van der Waals surface area contributed by atoms with Gasteiger partial charge in [0.25, 0.3) is 0 Å². The molecule has 1 unspecified atom stereocenters. The zero-order valence-electron chi connectivity index (χ0n) is 12.7. The molecule has 0 saturated carbocycles. The molecular formula is C17H20FN3O. The molecule has 1 fully saturated rings. The molecule has 3 rings (SSSR count). The van der Waals surface area contributed by atoms with Crippen molar-refractivity contribution in [1.29, 1.82) is 0 Å². The van der Waals surface area contributed by atoms with Crippen LogP contribution in [0.5, 0.6) is 0 Å². The fourth-order valence-corrected chi connectivity index (χ4v) is 2.96. The van der Waals surface area contributed by atoms with Gasteiger partial charge in [-0.2, -0.15) is 5.10 Å². The topological polar surface area (TPSA) is 38.1 Å². The maximum Gasteiger partial charge on any atom is 0.244 e. The minimum Gasteiger partial charge on any atom is -0.341 e. The van der Waals surface area contributed by atoms with Crippen LogP contribution in [-0.2, 0) is 17.8 Å². The lowest BCUT2D eigenvalue weighted by Gasteiger charge is -2.16. The minimum atomic E-state index is -0.151. The van der Waals surface area contributed by atoms with E-state index in [9.17, 15) is 9.18 Å². The van der Waals surface area contributed by atoms with Crippen LogP contribution in [0.1, 0.15) is 17.5 Å². The fourth-order valence-electron chi connectivity index (χ4n) is 2.96. The number of nitrogens with zero attached hydrogens (tertiary/aromatic N) is 3. The number of hydrogen-bond acceptors (Lipinski definition) is 2. The van der Waals surface area contributed by atoms with Crippen LogP contribution in [0.3, 0.4) is 0 Å². The molecule has 1 aliphatic heterocycles. The van der Waals surface area contributed by atoms with E-state index in [1.807, 2.05) is 23.1 Å². The van der Waals surface area contributed by atoms with E-state index in [1.165, 1.54) is 0 Å². The third kappa shape index (κ3) is 3.35. The van der Waals surface area contributed by atoms with Gasteiger partial charge in [-0.3, -0.25) is 9.48 Å². The van der Waals surface area contributed by atoms with E-state index in [0.29, 0.717) is 18.0 Å². The number of carbonyl (C=O) groups excluding carboxylic acids is 1. The molecule has 0 aliphatic carbocycles. The summed E-state index contributed by atoms with van der Waals surface area (Å²) in [6, 6.07) is 7.22. The molecule has 1 aliphatic rings. The van der Waals surface area contributed by atoms with Crippen LogP contribution < -0.4 is 0 Å². The molecule has 22 heavy (non-hydrogen) atoms. The lowest BCUT2D eigenvalue weighted by atomic mass is 9.98. The van der Waals surface area contributed by atoms with E-state index < -0.39 is 0 Å². The Hall–Kier alpha value is -2.17. The number of rotatable bonds is 4. The Morgan fingerprint density at radius 1 is 1.45 bits per heavy atom. The van der Waals surface area contributed by atoms with Gasteiger partial charge in [-0.05, 0) is 48.9 Å². The molecule has 4 nitrogen and oxygen atoms in total. The van der Waals surface area contributed by atoms with Gasteiger partial charge in [0.15, 0.2) is 0 Å². The Bertz CT molecular complexity index is 654. The minimum absolute atomic E-state index is 0.0984. The third-order valence-corrected chi connectivity index (χ3v) is 4.26. The number of halogens is 1. The van der Waals surface area contributed by atoms with E-state index in [-0.39, 0.29) is 11.7 Å². The van der Waals surface area contributed by atoms with Crippen LogP contribution in [0.15, 0.2) is 36.7 Å². The molecule has 116 valence electrons. The van der Waals surface area contributed by atoms with Gasteiger partial charge in [0, 0.05) is 25.5 Å². The zero-order chi connectivity index (χ0) is 15.5. The standard InChI is InChI=1S/C17H20FN3O/c1-13-3-4-14(10-16(13)18)9-15-5-8-20(11-15)17(22)12-21-7-2-6-19-21/h2-4,6-7,10,15H,5,8-9,11-12H2,1H3. The summed E-state index contributed by atoms with van der Waals surface area (Å²) in [4.78, 5) is 14.1. The molecule has 1 aromatic heterocycles. The van der Waals surface area contributed by atoms with Crippen molar-refractivity contribution in [2.75, 3.05) is 13.1 Å².